The quantitative estimate of drug-likeness (QED) is 0.157. The number of benzene rings is 3. The molecule has 0 atom stereocenters. The van der Waals surface area contributed by atoms with Gasteiger partial charge in [0, 0.05) is 30.7 Å². The normalized spacial score (nSPS) is 10.2. The number of nitrogens with one attached hydrogen (secondary N) is 6. The molecule has 0 saturated carbocycles. The second-order valence-electron chi connectivity index (χ2n) is 9.32. The average Bonchev–Trinajstić information content (AvgIpc) is 3.05. The van der Waals surface area contributed by atoms with Gasteiger partial charge in [-0.15, -0.1) is 0 Å². The van der Waals surface area contributed by atoms with Crippen LogP contribution in [0.5, 0.6) is 17.2 Å². The first-order valence-corrected chi connectivity index (χ1v) is 13.8. The van der Waals surface area contributed by atoms with Crippen LogP contribution in [0.4, 0.5) is 17.1 Å². The Hall–Kier alpha value is -5.79. The molecule has 0 aromatic heterocycles. The van der Waals surface area contributed by atoms with Gasteiger partial charge in [0.1, 0.15) is 17.2 Å². The van der Waals surface area contributed by atoms with Crippen LogP contribution in [0.15, 0.2) is 54.6 Å². The highest BCUT2D eigenvalue weighted by Gasteiger charge is 2.18. The van der Waals surface area contributed by atoms with E-state index in [-0.39, 0.29) is 40.6 Å². The summed E-state index contributed by atoms with van der Waals surface area (Å²) < 4.78 is 15.7. The molecule has 0 aliphatic carbocycles. The molecular weight excluding hydrogens is 584 g/mol. The van der Waals surface area contributed by atoms with E-state index in [4.69, 9.17) is 14.2 Å². The van der Waals surface area contributed by atoms with E-state index >= 15 is 0 Å². The lowest BCUT2D eigenvalue weighted by Gasteiger charge is -2.14. The molecule has 0 saturated heterocycles. The van der Waals surface area contributed by atoms with E-state index in [0.29, 0.717) is 29.4 Å². The lowest BCUT2D eigenvalue weighted by molar-refractivity contribution is -0.116. The Morgan fingerprint density at radius 2 is 0.911 bits per heavy atom. The van der Waals surface area contributed by atoms with Crippen LogP contribution >= 0.6 is 0 Å². The average molecular weight is 621 g/mol. The number of amides is 5. The van der Waals surface area contributed by atoms with Crippen LogP contribution in [0.2, 0.25) is 0 Å². The van der Waals surface area contributed by atoms with Gasteiger partial charge in [-0.2, -0.15) is 0 Å². The first-order valence-electron chi connectivity index (χ1n) is 13.8. The highest BCUT2D eigenvalue weighted by atomic mass is 16.5. The molecule has 0 unspecified atom stereocenters. The van der Waals surface area contributed by atoms with Crippen molar-refractivity contribution in [2.24, 2.45) is 0 Å². The van der Waals surface area contributed by atoms with Gasteiger partial charge in [-0.25, -0.2) is 0 Å². The summed E-state index contributed by atoms with van der Waals surface area (Å²) in [5.41, 5.74) is 1.84. The van der Waals surface area contributed by atoms with Gasteiger partial charge in [-0.05, 0) is 61.5 Å². The fourth-order valence-corrected chi connectivity index (χ4v) is 4.15. The van der Waals surface area contributed by atoms with Crippen LogP contribution in [-0.4, -0.2) is 77.5 Å². The Bertz CT molecular complexity index is 1580. The third-order valence-electron chi connectivity index (χ3n) is 6.34. The zero-order valence-corrected chi connectivity index (χ0v) is 25.6. The summed E-state index contributed by atoms with van der Waals surface area (Å²) in [6, 6.07) is 14.0. The molecule has 0 heterocycles. The fraction of sp³-hybridized carbons (Fsp3) is 0.258. The molecule has 238 valence electrons. The largest absolute Gasteiger partial charge is 0.496 e. The van der Waals surface area contributed by atoms with Gasteiger partial charge in [0.25, 0.3) is 17.7 Å². The summed E-state index contributed by atoms with van der Waals surface area (Å²) in [5.74, 6) is -1.71. The maximum atomic E-state index is 13.0. The number of methoxy groups -OCH3 is 3. The molecule has 45 heavy (non-hydrogen) atoms. The molecule has 14 nitrogen and oxygen atoms in total. The first-order chi connectivity index (χ1) is 21.6. The maximum Gasteiger partial charge on any atom is 0.255 e. The van der Waals surface area contributed by atoms with Gasteiger partial charge in [0.05, 0.1) is 51.1 Å². The van der Waals surface area contributed by atoms with Crippen molar-refractivity contribution in [2.45, 2.75) is 6.92 Å². The molecule has 0 bridgehead atoms. The molecule has 6 N–H and O–H groups in total. The zero-order valence-electron chi connectivity index (χ0n) is 25.6. The summed E-state index contributed by atoms with van der Waals surface area (Å²) in [6.45, 7) is 1.44. The van der Waals surface area contributed by atoms with Crippen molar-refractivity contribution >= 4 is 46.6 Å². The number of ether oxygens (including phenoxy) is 3. The molecule has 3 aromatic rings. The number of anilines is 3. The van der Waals surface area contributed by atoms with Crippen LogP contribution in [0.25, 0.3) is 0 Å². The minimum absolute atomic E-state index is 0.0590. The minimum Gasteiger partial charge on any atom is -0.496 e. The van der Waals surface area contributed by atoms with Crippen LogP contribution in [0.1, 0.15) is 38.0 Å². The van der Waals surface area contributed by atoms with Gasteiger partial charge in [-0.1, -0.05) is 0 Å². The number of carbonyl (C=O) groups excluding carboxylic acids is 5. The molecule has 3 aromatic carbocycles. The van der Waals surface area contributed by atoms with Crippen molar-refractivity contribution in [1.82, 2.24) is 16.0 Å². The van der Waals surface area contributed by atoms with E-state index in [1.165, 1.54) is 45.6 Å². The first kappa shape index (κ1) is 33.7. The molecule has 0 aliphatic rings. The van der Waals surface area contributed by atoms with Crippen LogP contribution < -0.4 is 46.1 Å². The SMILES string of the molecule is CCNC(=O)c1cc(NC(=O)CNC(=O)c2cc(NC(=O)CNC(=O)c3cc(NC)ccc3OC)ccc2OC)ccc1OC. The van der Waals surface area contributed by atoms with E-state index in [0.717, 1.165) is 0 Å². The Kier molecular flexibility index (Phi) is 12.1. The predicted octanol–water partition coefficient (Wildman–Crippen LogP) is 2.24. The highest BCUT2D eigenvalue weighted by molar-refractivity contribution is 6.04. The van der Waals surface area contributed by atoms with Gasteiger partial charge < -0.3 is 46.1 Å². The Morgan fingerprint density at radius 1 is 0.556 bits per heavy atom. The molecule has 0 fully saturated rings. The predicted molar refractivity (Wildman–Crippen MR) is 168 cm³/mol. The van der Waals surface area contributed by atoms with Crippen LogP contribution in [0.3, 0.4) is 0 Å². The molecule has 0 spiro atoms. The minimum atomic E-state index is -0.638. The van der Waals surface area contributed by atoms with Crippen molar-refractivity contribution in [1.29, 1.82) is 0 Å². The molecule has 3 rings (SSSR count). The van der Waals surface area contributed by atoms with Gasteiger partial charge in [0.15, 0.2) is 0 Å². The van der Waals surface area contributed by atoms with Crippen LogP contribution in [0, 0.1) is 0 Å². The van der Waals surface area contributed by atoms with E-state index in [1.54, 1.807) is 44.3 Å². The smallest absolute Gasteiger partial charge is 0.255 e. The summed E-state index contributed by atoms with van der Waals surface area (Å²) in [5, 5.41) is 15.9. The Balaban J connectivity index is 1.61. The Labute approximate surface area is 260 Å². The number of hydrogen-bond donors (Lipinski definition) is 6. The van der Waals surface area contributed by atoms with Crippen LogP contribution in [-0.2, 0) is 9.59 Å². The maximum absolute atomic E-state index is 13.0. The highest BCUT2D eigenvalue weighted by Crippen LogP contribution is 2.25. The lowest BCUT2D eigenvalue weighted by atomic mass is 10.1. The summed E-state index contributed by atoms with van der Waals surface area (Å²) in [6.07, 6.45) is 0. The van der Waals surface area contributed by atoms with E-state index in [1.807, 2.05) is 0 Å². The number of hydrogen-bond acceptors (Lipinski definition) is 9. The summed E-state index contributed by atoms with van der Waals surface area (Å²) in [7, 11) is 5.96. The van der Waals surface area contributed by atoms with Crippen molar-refractivity contribution in [3.8, 4) is 17.2 Å². The van der Waals surface area contributed by atoms with Crippen molar-refractivity contribution in [2.75, 3.05) is 64.0 Å². The third kappa shape index (κ3) is 9.10. The second kappa shape index (κ2) is 16.2. The number of carbonyl (C=O) groups is 5. The monoisotopic (exact) mass is 620 g/mol. The molecule has 14 heteroatoms. The Morgan fingerprint density at radius 3 is 1.27 bits per heavy atom. The number of rotatable bonds is 14. The van der Waals surface area contributed by atoms with Gasteiger partial charge in [-0.3, -0.25) is 24.0 Å². The molecule has 0 radical (unpaired) electrons. The third-order valence-corrected chi connectivity index (χ3v) is 6.34. The van der Waals surface area contributed by atoms with E-state index in [2.05, 4.69) is 31.9 Å². The summed E-state index contributed by atoms with van der Waals surface area (Å²) >= 11 is 0. The molecule has 0 aliphatic heterocycles. The van der Waals surface area contributed by atoms with Crippen molar-refractivity contribution in [3.05, 3.63) is 71.3 Å². The zero-order chi connectivity index (χ0) is 32.9. The van der Waals surface area contributed by atoms with Crippen molar-refractivity contribution in [3.63, 3.8) is 0 Å². The second-order valence-corrected chi connectivity index (χ2v) is 9.32. The van der Waals surface area contributed by atoms with Gasteiger partial charge >= 0.3 is 0 Å². The lowest BCUT2D eigenvalue weighted by Crippen LogP contribution is -2.34. The fourth-order valence-electron chi connectivity index (χ4n) is 4.15. The van der Waals surface area contributed by atoms with E-state index < -0.39 is 30.2 Å². The molecular formula is C31H36N6O8. The van der Waals surface area contributed by atoms with Gasteiger partial charge in [0.2, 0.25) is 11.8 Å². The van der Waals surface area contributed by atoms with E-state index in [9.17, 15) is 24.0 Å². The standard InChI is InChI=1S/C31H36N6O8/c1-6-33-29(40)22-14-19(8-11-25(22)44-4)36-28(39)17-35-31(42)23-15-20(9-12-26(23)45-5)37-27(38)16-34-30(41)21-13-18(32-2)7-10-24(21)43-3/h7-15,32H,6,16-17H2,1-5H3,(H,33,40)(H,34,41)(H,35,42)(H,36,39)(H,37,38). The topological polar surface area (TPSA) is 185 Å². The van der Waals surface area contributed by atoms with Crippen molar-refractivity contribution < 1.29 is 38.2 Å². The molecule has 5 amide bonds. The summed E-state index contributed by atoms with van der Waals surface area (Å²) in [4.78, 5) is 63.2.